The van der Waals surface area contributed by atoms with Crippen LogP contribution in [-0.4, -0.2) is 19.3 Å². The van der Waals surface area contributed by atoms with Crippen molar-refractivity contribution < 1.29 is 22.6 Å². The molecule has 1 aromatic rings. The van der Waals surface area contributed by atoms with Gasteiger partial charge in [-0.05, 0) is 30.7 Å². The Morgan fingerprint density at radius 2 is 2.06 bits per heavy atom. The van der Waals surface area contributed by atoms with Gasteiger partial charge in [-0.1, -0.05) is 6.58 Å². The molecule has 0 amide bonds. The Morgan fingerprint density at radius 1 is 1.39 bits per heavy atom. The standard InChI is InChI=1S/C13H13F3O2/c1-7-10-6-9(13(14,15)16)4-5-11(10)18-12(7)8(2)17-3/h4-6,8,12H,1H2,2-3H3. The Kier molecular flexibility index (Phi) is 3.11. The van der Waals surface area contributed by atoms with Crippen LogP contribution in [0.15, 0.2) is 24.8 Å². The highest BCUT2D eigenvalue weighted by molar-refractivity contribution is 5.76. The molecule has 0 spiro atoms. The van der Waals surface area contributed by atoms with E-state index in [4.69, 9.17) is 9.47 Å². The molecule has 0 bridgehead atoms. The number of hydrogen-bond acceptors (Lipinski definition) is 2. The van der Waals surface area contributed by atoms with E-state index in [1.54, 1.807) is 6.92 Å². The molecule has 1 aliphatic heterocycles. The summed E-state index contributed by atoms with van der Waals surface area (Å²) in [6.07, 6.45) is -5.06. The van der Waals surface area contributed by atoms with Gasteiger partial charge in [-0.2, -0.15) is 13.2 Å². The first-order valence-corrected chi connectivity index (χ1v) is 5.44. The molecule has 0 aliphatic carbocycles. The third kappa shape index (κ3) is 2.10. The molecule has 1 heterocycles. The second kappa shape index (κ2) is 4.31. The van der Waals surface area contributed by atoms with Crippen molar-refractivity contribution in [2.45, 2.75) is 25.3 Å². The van der Waals surface area contributed by atoms with Crippen molar-refractivity contribution in [3.8, 4) is 5.75 Å². The van der Waals surface area contributed by atoms with Crippen LogP contribution in [0.2, 0.25) is 0 Å². The minimum Gasteiger partial charge on any atom is -0.482 e. The van der Waals surface area contributed by atoms with Crippen molar-refractivity contribution in [1.29, 1.82) is 0 Å². The number of ether oxygens (including phenoxy) is 2. The zero-order valence-corrected chi connectivity index (χ0v) is 10.0. The van der Waals surface area contributed by atoms with Gasteiger partial charge in [-0.25, -0.2) is 0 Å². The summed E-state index contributed by atoms with van der Waals surface area (Å²) in [6.45, 7) is 5.58. The van der Waals surface area contributed by atoms with E-state index in [1.807, 2.05) is 0 Å². The summed E-state index contributed by atoms with van der Waals surface area (Å²) < 4.78 is 48.5. The molecule has 0 radical (unpaired) electrons. The van der Waals surface area contributed by atoms with Crippen LogP contribution < -0.4 is 4.74 Å². The van der Waals surface area contributed by atoms with Crippen LogP contribution in [0.4, 0.5) is 13.2 Å². The molecule has 98 valence electrons. The summed E-state index contributed by atoms with van der Waals surface area (Å²) in [7, 11) is 1.52. The fraction of sp³-hybridized carbons (Fsp3) is 0.385. The summed E-state index contributed by atoms with van der Waals surface area (Å²) in [5.74, 6) is 0.418. The second-order valence-electron chi connectivity index (χ2n) is 4.21. The average Bonchev–Trinajstić information content (AvgIpc) is 2.64. The molecule has 0 fully saturated rings. The van der Waals surface area contributed by atoms with Gasteiger partial charge >= 0.3 is 6.18 Å². The fourth-order valence-corrected chi connectivity index (χ4v) is 1.92. The van der Waals surface area contributed by atoms with E-state index in [9.17, 15) is 13.2 Å². The predicted octanol–water partition coefficient (Wildman–Crippen LogP) is 3.51. The average molecular weight is 258 g/mol. The molecule has 0 N–H and O–H groups in total. The van der Waals surface area contributed by atoms with Crippen molar-refractivity contribution >= 4 is 5.57 Å². The summed E-state index contributed by atoms with van der Waals surface area (Å²) >= 11 is 0. The summed E-state index contributed by atoms with van der Waals surface area (Å²) in [4.78, 5) is 0. The van der Waals surface area contributed by atoms with Crippen molar-refractivity contribution in [3.63, 3.8) is 0 Å². The topological polar surface area (TPSA) is 18.5 Å². The van der Waals surface area contributed by atoms with Crippen LogP contribution in [-0.2, 0) is 10.9 Å². The summed E-state index contributed by atoms with van der Waals surface area (Å²) in [5, 5.41) is 0. The second-order valence-corrected chi connectivity index (χ2v) is 4.21. The smallest absolute Gasteiger partial charge is 0.416 e. The van der Waals surface area contributed by atoms with Crippen LogP contribution in [0.3, 0.4) is 0 Å². The third-order valence-electron chi connectivity index (χ3n) is 3.05. The van der Waals surface area contributed by atoms with Crippen molar-refractivity contribution in [2.24, 2.45) is 0 Å². The van der Waals surface area contributed by atoms with E-state index in [-0.39, 0.29) is 6.10 Å². The lowest BCUT2D eigenvalue weighted by molar-refractivity contribution is -0.137. The molecule has 0 saturated heterocycles. The number of rotatable bonds is 2. The first kappa shape index (κ1) is 13.0. The molecule has 5 heteroatoms. The van der Waals surface area contributed by atoms with Gasteiger partial charge in [-0.3, -0.25) is 0 Å². The van der Waals surface area contributed by atoms with E-state index >= 15 is 0 Å². The molecular weight excluding hydrogens is 245 g/mol. The van der Waals surface area contributed by atoms with Crippen LogP contribution >= 0.6 is 0 Å². The van der Waals surface area contributed by atoms with Gasteiger partial charge in [0.15, 0.2) is 0 Å². The highest BCUT2D eigenvalue weighted by Crippen LogP contribution is 2.41. The normalized spacial score (nSPS) is 20.5. The lowest BCUT2D eigenvalue weighted by Gasteiger charge is -2.18. The quantitative estimate of drug-likeness (QED) is 0.808. The van der Waals surface area contributed by atoms with Crippen LogP contribution in [0.5, 0.6) is 5.75 Å². The maximum Gasteiger partial charge on any atom is 0.416 e. The van der Waals surface area contributed by atoms with Gasteiger partial charge in [0.2, 0.25) is 0 Å². The third-order valence-corrected chi connectivity index (χ3v) is 3.05. The number of benzene rings is 1. The van der Waals surface area contributed by atoms with Crippen molar-refractivity contribution in [2.75, 3.05) is 7.11 Å². The maximum atomic E-state index is 12.6. The van der Waals surface area contributed by atoms with E-state index in [0.717, 1.165) is 12.1 Å². The number of fused-ring (bicyclic) bond motifs is 1. The molecule has 2 rings (SSSR count). The molecular formula is C13H13F3O2. The molecule has 2 atom stereocenters. The highest BCUT2D eigenvalue weighted by Gasteiger charge is 2.36. The number of alkyl halides is 3. The molecule has 18 heavy (non-hydrogen) atoms. The van der Waals surface area contributed by atoms with Crippen molar-refractivity contribution in [1.82, 2.24) is 0 Å². The Labute approximate surface area is 103 Å². The lowest BCUT2D eigenvalue weighted by atomic mass is 9.99. The Bertz CT molecular complexity index is 480. The first-order chi connectivity index (χ1) is 8.34. The molecule has 0 aromatic heterocycles. The van der Waals surface area contributed by atoms with E-state index in [0.29, 0.717) is 16.9 Å². The zero-order valence-electron chi connectivity index (χ0n) is 10.0. The van der Waals surface area contributed by atoms with E-state index in [2.05, 4.69) is 6.58 Å². The minimum atomic E-state index is -4.36. The molecule has 2 nitrogen and oxygen atoms in total. The van der Waals surface area contributed by atoms with Crippen molar-refractivity contribution in [3.05, 3.63) is 35.9 Å². The van der Waals surface area contributed by atoms with Gasteiger partial charge in [0, 0.05) is 12.7 Å². The fourth-order valence-electron chi connectivity index (χ4n) is 1.92. The van der Waals surface area contributed by atoms with Gasteiger partial charge in [0.25, 0.3) is 0 Å². The zero-order chi connectivity index (χ0) is 13.5. The Morgan fingerprint density at radius 3 is 2.61 bits per heavy atom. The molecule has 1 aliphatic rings. The maximum absolute atomic E-state index is 12.6. The first-order valence-electron chi connectivity index (χ1n) is 5.44. The summed E-state index contributed by atoms with van der Waals surface area (Å²) in [5.41, 5.74) is 0.223. The largest absolute Gasteiger partial charge is 0.482 e. The Balaban J connectivity index is 2.36. The minimum absolute atomic E-state index is 0.265. The van der Waals surface area contributed by atoms with E-state index in [1.165, 1.54) is 13.2 Å². The summed E-state index contributed by atoms with van der Waals surface area (Å²) in [6, 6.07) is 3.40. The lowest BCUT2D eigenvalue weighted by Crippen LogP contribution is -2.28. The van der Waals surface area contributed by atoms with E-state index < -0.39 is 17.8 Å². The SMILES string of the molecule is C=C1c2cc(C(F)(F)F)ccc2OC1C(C)OC. The number of methoxy groups -OCH3 is 1. The predicted molar refractivity (Wildman–Crippen MR) is 61.4 cm³/mol. The van der Waals surface area contributed by atoms with Gasteiger partial charge in [0.1, 0.15) is 11.9 Å². The monoisotopic (exact) mass is 258 g/mol. The van der Waals surface area contributed by atoms with Crippen LogP contribution in [0, 0.1) is 0 Å². The number of hydrogen-bond donors (Lipinski definition) is 0. The van der Waals surface area contributed by atoms with Gasteiger partial charge < -0.3 is 9.47 Å². The van der Waals surface area contributed by atoms with Crippen LogP contribution in [0.1, 0.15) is 18.1 Å². The number of halogens is 3. The highest BCUT2D eigenvalue weighted by atomic mass is 19.4. The van der Waals surface area contributed by atoms with Gasteiger partial charge in [0.05, 0.1) is 11.7 Å². The molecule has 0 saturated carbocycles. The van der Waals surface area contributed by atoms with Gasteiger partial charge in [-0.15, -0.1) is 0 Å². The molecule has 1 aromatic carbocycles. The Hall–Kier alpha value is -1.49. The van der Waals surface area contributed by atoms with Crippen LogP contribution in [0.25, 0.3) is 5.57 Å². The molecule has 2 unspecified atom stereocenters.